The van der Waals surface area contributed by atoms with Gasteiger partial charge in [0, 0.05) is 10.9 Å². The first kappa shape index (κ1) is 16.7. The molecule has 0 bridgehead atoms. The maximum atomic E-state index is 12.4. The predicted octanol–water partition coefficient (Wildman–Crippen LogP) is 5.19. The molecule has 1 aliphatic rings. The van der Waals surface area contributed by atoms with Gasteiger partial charge in [-0.1, -0.05) is 40.2 Å². The third-order valence-electron chi connectivity index (χ3n) is 4.66. The van der Waals surface area contributed by atoms with Crippen LogP contribution >= 0.6 is 27.3 Å². The molecule has 0 saturated heterocycles. The van der Waals surface area contributed by atoms with Crippen molar-refractivity contribution >= 4 is 43.4 Å². The number of amides is 1. The number of carbonyl (C=O) groups is 1. The summed E-state index contributed by atoms with van der Waals surface area (Å²) < 4.78 is 2.28. The van der Waals surface area contributed by atoms with Crippen LogP contribution in [0.3, 0.4) is 0 Å². The minimum absolute atomic E-state index is 0.131. The summed E-state index contributed by atoms with van der Waals surface area (Å²) in [7, 11) is 0. The SMILES string of the molecule is O=C(CCCc1nc2ccccc2s1)NC1(c2ccc(Br)cc2)CC1. The van der Waals surface area contributed by atoms with Crippen molar-refractivity contribution in [2.45, 2.75) is 37.6 Å². The van der Waals surface area contributed by atoms with Gasteiger partial charge in [-0.25, -0.2) is 4.98 Å². The topological polar surface area (TPSA) is 42.0 Å². The number of aromatic nitrogens is 1. The van der Waals surface area contributed by atoms with E-state index in [-0.39, 0.29) is 11.4 Å². The fourth-order valence-electron chi connectivity index (χ4n) is 3.14. The summed E-state index contributed by atoms with van der Waals surface area (Å²) in [5.74, 6) is 0.140. The Hall–Kier alpha value is -1.72. The van der Waals surface area contributed by atoms with Crippen LogP contribution in [0, 0.1) is 0 Å². The average Bonchev–Trinajstić information content (AvgIpc) is 3.25. The van der Waals surface area contributed by atoms with Gasteiger partial charge in [0.05, 0.1) is 20.8 Å². The molecule has 5 heteroatoms. The van der Waals surface area contributed by atoms with Gasteiger partial charge in [-0.05, 0) is 55.5 Å². The quantitative estimate of drug-likeness (QED) is 0.602. The van der Waals surface area contributed by atoms with E-state index in [1.54, 1.807) is 11.3 Å². The zero-order chi connectivity index (χ0) is 17.3. The molecule has 128 valence electrons. The van der Waals surface area contributed by atoms with Gasteiger partial charge < -0.3 is 5.32 Å². The molecule has 0 radical (unpaired) electrons. The molecule has 0 atom stereocenters. The standard InChI is InChI=1S/C20H19BrN2OS/c21-15-10-8-14(9-11-15)20(12-13-20)23-18(24)6-3-7-19-22-16-4-1-2-5-17(16)25-19/h1-2,4-5,8-11H,3,6-7,12-13H2,(H,23,24). The van der Waals surface area contributed by atoms with Gasteiger partial charge in [0.15, 0.2) is 0 Å². The molecule has 0 unspecified atom stereocenters. The Morgan fingerprint density at radius 2 is 1.92 bits per heavy atom. The van der Waals surface area contributed by atoms with Crippen LogP contribution < -0.4 is 5.32 Å². The molecule has 1 aromatic heterocycles. The second kappa shape index (κ2) is 6.89. The maximum absolute atomic E-state index is 12.4. The molecule has 1 amide bonds. The van der Waals surface area contributed by atoms with E-state index >= 15 is 0 Å². The monoisotopic (exact) mass is 414 g/mol. The Bertz CT molecular complexity index is 866. The van der Waals surface area contributed by atoms with Gasteiger partial charge in [-0.15, -0.1) is 11.3 Å². The lowest BCUT2D eigenvalue weighted by Crippen LogP contribution is -2.34. The van der Waals surface area contributed by atoms with Crippen LogP contribution in [0.15, 0.2) is 53.0 Å². The zero-order valence-electron chi connectivity index (χ0n) is 13.8. The molecule has 1 heterocycles. The Labute approximate surface area is 159 Å². The number of thiazole rings is 1. The van der Waals surface area contributed by atoms with E-state index in [0.29, 0.717) is 6.42 Å². The number of para-hydroxylation sites is 1. The number of fused-ring (bicyclic) bond motifs is 1. The predicted molar refractivity (Wildman–Crippen MR) is 106 cm³/mol. The summed E-state index contributed by atoms with van der Waals surface area (Å²) in [6.07, 6.45) is 4.30. The second-order valence-electron chi connectivity index (χ2n) is 6.57. The highest BCUT2D eigenvalue weighted by Crippen LogP contribution is 2.45. The number of halogens is 1. The van der Waals surface area contributed by atoms with Crippen LogP contribution in [-0.4, -0.2) is 10.9 Å². The minimum Gasteiger partial charge on any atom is -0.347 e. The molecule has 1 N–H and O–H groups in total. The number of nitrogens with one attached hydrogen (secondary N) is 1. The molecule has 1 aliphatic carbocycles. The van der Waals surface area contributed by atoms with Crippen LogP contribution in [0.5, 0.6) is 0 Å². The zero-order valence-corrected chi connectivity index (χ0v) is 16.2. The van der Waals surface area contributed by atoms with Crippen molar-refractivity contribution in [3.63, 3.8) is 0 Å². The van der Waals surface area contributed by atoms with Gasteiger partial charge >= 0.3 is 0 Å². The molecular weight excluding hydrogens is 396 g/mol. The number of rotatable bonds is 6. The Morgan fingerprint density at radius 1 is 1.16 bits per heavy atom. The number of carbonyl (C=O) groups excluding carboxylic acids is 1. The van der Waals surface area contributed by atoms with Crippen molar-refractivity contribution < 1.29 is 4.79 Å². The Balaban J connectivity index is 1.31. The van der Waals surface area contributed by atoms with Gasteiger partial charge in [-0.3, -0.25) is 4.79 Å². The van der Waals surface area contributed by atoms with Crippen LogP contribution in [0.2, 0.25) is 0 Å². The van der Waals surface area contributed by atoms with Crippen molar-refractivity contribution in [3.8, 4) is 0 Å². The first-order valence-corrected chi connectivity index (χ1v) is 10.2. The summed E-state index contributed by atoms with van der Waals surface area (Å²) in [6, 6.07) is 16.4. The molecule has 2 aromatic carbocycles. The summed E-state index contributed by atoms with van der Waals surface area (Å²) in [5.41, 5.74) is 2.13. The van der Waals surface area contributed by atoms with Gasteiger partial charge in [-0.2, -0.15) is 0 Å². The Morgan fingerprint density at radius 3 is 2.64 bits per heavy atom. The van der Waals surface area contributed by atoms with Crippen molar-refractivity contribution in [1.82, 2.24) is 10.3 Å². The summed E-state index contributed by atoms with van der Waals surface area (Å²) in [5, 5.41) is 4.36. The lowest BCUT2D eigenvalue weighted by Gasteiger charge is -2.18. The average molecular weight is 415 g/mol. The normalized spacial score (nSPS) is 15.2. The van der Waals surface area contributed by atoms with E-state index in [0.717, 1.165) is 40.7 Å². The molecule has 4 rings (SSSR count). The number of benzene rings is 2. The van der Waals surface area contributed by atoms with Crippen LogP contribution in [0.4, 0.5) is 0 Å². The molecular formula is C20H19BrN2OS. The third-order valence-corrected chi connectivity index (χ3v) is 6.28. The van der Waals surface area contributed by atoms with Gasteiger partial charge in [0.25, 0.3) is 0 Å². The van der Waals surface area contributed by atoms with Crippen LogP contribution in [0.25, 0.3) is 10.2 Å². The molecule has 0 aliphatic heterocycles. The number of nitrogens with zero attached hydrogens (tertiary/aromatic N) is 1. The maximum Gasteiger partial charge on any atom is 0.220 e. The van der Waals surface area contributed by atoms with Crippen LogP contribution in [-0.2, 0) is 16.8 Å². The fraction of sp³-hybridized carbons (Fsp3) is 0.300. The van der Waals surface area contributed by atoms with Gasteiger partial charge in [0.1, 0.15) is 0 Å². The first-order valence-electron chi connectivity index (χ1n) is 8.56. The van der Waals surface area contributed by atoms with Crippen molar-refractivity contribution in [2.75, 3.05) is 0 Å². The van der Waals surface area contributed by atoms with E-state index in [2.05, 4.69) is 44.4 Å². The highest BCUT2D eigenvalue weighted by molar-refractivity contribution is 9.10. The van der Waals surface area contributed by atoms with E-state index in [9.17, 15) is 4.79 Å². The molecule has 0 spiro atoms. The molecule has 1 saturated carbocycles. The van der Waals surface area contributed by atoms with E-state index in [1.165, 1.54) is 10.3 Å². The molecule has 3 nitrogen and oxygen atoms in total. The Kier molecular flexibility index (Phi) is 4.61. The van der Waals surface area contributed by atoms with E-state index < -0.39 is 0 Å². The van der Waals surface area contributed by atoms with E-state index in [1.807, 2.05) is 30.3 Å². The minimum atomic E-state index is -0.131. The summed E-state index contributed by atoms with van der Waals surface area (Å²) in [6.45, 7) is 0. The highest BCUT2D eigenvalue weighted by atomic mass is 79.9. The second-order valence-corrected chi connectivity index (χ2v) is 8.60. The largest absolute Gasteiger partial charge is 0.347 e. The summed E-state index contributed by atoms with van der Waals surface area (Å²) in [4.78, 5) is 17.0. The van der Waals surface area contributed by atoms with Crippen molar-refractivity contribution in [2.24, 2.45) is 0 Å². The number of hydrogen-bond acceptors (Lipinski definition) is 3. The molecule has 25 heavy (non-hydrogen) atoms. The molecule has 1 fully saturated rings. The third kappa shape index (κ3) is 3.77. The van der Waals surface area contributed by atoms with E-state index in [4.69, 9.17) is 0 Å². The number of hydrogen-bond donors (Lipinski definition) is 1. The lowest BCUT2D eigenvalue weighted by atomic mass is 10.0. The highest BCUT2D eigenvalue weighted by Gasteiger charge is 2.45. The molecule has 3 aromatic rings. The van der Waals surface area contributed by atoms with Crippen molar-refractivity contribution in [3.05, 3.63) is 63.6 Å². The lowest BCUT2D eigenvalue weighted by molar-refractivity contribution is -0.122. The van der Waals surface area contributed by atoms with Gasteiger partial charge in [0.2, 0.25) is 5.91 Å². The number of aryl methyl sites for hydroxylation is 1. The van der Waals surface area contributed by atoms with Crippen molar-refractivity contribution in [1.29, 1.82) is 0 Å². The first-order chi connectivity index (χ1) is 12.1. The smallest absolute Gasteiger partial charge is 0.220 e. The summed E-state index contributed by atoms with van der Waals surface area (Å²) >= 11 is 5.19. The van der Waals surface area contributed by atoms with Crippen LogP contribution in [0.1, 0.15) is 36.3 Å². The fourth-order valence-corrected chi connectivity index (χ4v) is 4.41.